The van der Waals surface area contributed by atoms with Crippen molar-refractivity contribution in [3.63, 3.8) is 0 Å². The Kier molecular flexibility index (Phi) is 5.21. The van der Waals surface area contributed by atoms with Crippen LogP contribution in [0.4, 0.5) is 5.82 Å². The molecule has 1 aliphatic heterocycles. The smallest absolute Gasteiger partial charge is 0.325 e. The lowest BCUT2D eigenvalue weighted by Gasteiger charge is -2.18. The van der Waals surface area contributed by atoms with Crippen molar-refractivity contribution in [1.29, 1.82) is 0 Å². The Labute approximate surface area is 142 Å². The highest BCUT2D eigenvalue weighted by Crippen LogP contribution is 2.41. The fourth-order valence-corrected chi connectivity index (χ4v) is 3.50. The molecule has 0 aromatic carbocycles. The molecule has 4 N–H and O–H groups in total. The Morgan fingerprint density at radius 2 is 2.28 bits per heavy atom. The average Bonchev–Trinajstić information content (AvgIpc) is 3.08. The van der Waals surface area contributed by atoms with Crippen molar-refractivity contribution >= 4 is 32.8 Å². The molecule has 5 atom stereocenters. The molecule has 1 saturated heterocycles. The Morgan fingerprint density at radius 1 is 1.52 bits per heavy atom. The normalized spacial score (nSPS) is 27.4. The summed E-state index contributed by atoms with van der Waals surface area (Å²) < 4.78 is 39.6. The predicted octanol–water partition coefficient (Wildman–Crippen LogP) is 0.295. The van der Waals surface area contributed by atoms with Gasteiger partial charge in [-0.15, -0.1) is 0 Å². The van der Waals surface area contributed by atoms with E-state index in [1.54, 1.807) is 4.57 Å². The topological polar surface area (TPSA) is 172 Å². The summed E-state index contributed by atoms with van der Waals surface area (Å²) in [5.41, 5.74) is 6.57. The van der Waals surface area contributed by atoms with Gasteiger partial charge in [-0.1, -0.05) is 0 Å². The van der Waals surface area contributed by atoms with Gasteiger partial charge in [-0.05, 0) is 0 Å². The Hall–Kier alpha value is -1.39. The first-order valence-electron chi connectivity index (χ1n) is 7.17. The molecule has 0 amide bonds. The maximum atomic E-state index is 11.3. The minimum Gasteiger partial charge on any atom is -0.382 e. The SMILES string of the molecule is CP(=O)(O)OC[C@H]1O[C@@H](n2cnc3c(N)ncnc32)C[C@@H]1O[PH](=O)O. The van der Waals surface area contributed by atoms with Crippen LogP contribution in [-0.4, -0.2) is 54.8 Å². The second-order valence-corrected chi connectivity index (χ2v) is 8.10. The van der Waals surface area contributed by atoms with Crippen molar-refractivity contribution in [3.05, 3.63) is 12.7 Å². The second-order valence-electron chi connectivity index (χ2n) is 5.47. The molecule has 0 spiro atoms. The minimum atomic E-state index is -3.73. The molecule has 2 unspecified atom stereocenters. The number of nitrogens with zero attached hydrogens (tertiary/aromatic N) is 4. The first-order chi connectivity index (χ1) is 11.7. The minimum absolute atomic E-state index is 0.194. The number of nitrogens with two attached hydrogens (primary N) is 1. The third-order valence-corrected chi connectivity index (χ3v) is 4.74. The maximum Gasteiger partial charge on any atom is 0.325 e. The number of imidazole rings is 1. The second kappa shape index (κ2) is 7.08. The summed E-state index contributed by atoms with van der Waals surface area (Å²) >= 11 is 0. The van der Waals surface area contributed by atoms with Crippen LogP contribution in [0, 0.1) is 0 Å². The molecule has 1 aliphatic rings. The number of fused-ring (bicyclic) bond motifs is 1. The standard InChI is InChI=1S/C11H17N5O7P2/c1-25(19,20)21-3-7-6(23-24(17)18)2-8(22-7)16-5-15-9-10(12)13-4-14-11(9)16/h4-8,24H,2-3H2,1H3,(H,17,18)(H,19,20)(H2,12,13,14)/t6-,7+,8+/m0/s1. The summed E-state index contributed by atoms with van der Waals surface area (Å²) in [6, 6.07) is 0. The highest BCUT2D eigenvalue weighted by atomic mass is 31.2. The van der Waals surface area contributed by atoms with Crippen molar-refractivity contribution < 1.29 is 32.7 Å². The number of nitrogen functional groups attached to an aromatic ring is 1. The molecule has 0 saturated carbocycles. The fourth-order valence-electron chi connectivity index (χ4n) is 2.57. The lowest BCUT2D eigenvalue weighted by Crippen LogP contribution is -2.27. The van der Waals surface area contributed by atoms with Crippen molar-refractivity contribution in [3.8, 4) is 0 Å². The van der Waals surface area contributed by atoms with E-state index in [2.05, 4.69) is 15.0 Å². The molecule has 3 heterocycles. The largest absolute Gasteiger partial charge is 0.382 e. The molecule has 3 rings (SSSR count). The summed E-state index contributed by atoms with van der Waals surface area (Å²) in [4.78, 5) is 30.4. The zero-order valence-corrected chi connectivity index (χ0v) is 14.9. The molecule has 14 heteroatoms. The van der Waals surface area contributed by atoms with E-state index in [4.69, 9.17) is 24.4 Å². The molecule has 2 aromatic heterocycles. The molecular formula is C11H17N5O7P2. The molecule has 0 bridgehead atoms. The maximum absolute atomic E-state index is 11.3. The summed E-state index contributed by atoms with van der Waals surface area (Å²) in [7, 11) is -6.96. The van der Waals surface area contributed by atoms with Crippen LogP contribution >= 0.6 is 15.9 Å². The molecule has 12 nitrogen and oxygen atoms in total. The van der Waals surface area contributed by atoms with Crippen LogP contribution in [0.1, 0.15) is 12.6 Å². The van der Waals surface area contributed by atoms with Gasteiger partial charge in [-0.25, -0.2) is 15.0 Å². The summed E-state index contributed by atoms with van der Waals surface area (Å²) in [5.74, 6) is 0.210. The number of ether oxygens (including phenoxy) is 1. The molecule has 0 aliphatic carbocycles. The van der Waals surface area contributed by atoms with Crippen LogP contribution < -0.4 is 5.73 Å². The lowest BCUT2D eigenvalue weighted by molar-refractivity contribution is -0.0357. The lowest BCUT2D eigenvalue weighted by atomic mass is 10.2. The van der Waals surface area contributed by atoms with Crippen molar-refractivity contribution in [2.24, 2.45) is 0 Å². The molecular weight excluding hydrogens is 376 g/mol. The van der Waals surface area contributed by atoms with Crippen LogP contribution in [0.15, 0.2) is 12.7 Å². The van der Waals surface area contributed by atoms with Gasteiger partial charge in [0.1, 0.15) is 24.2 Å². The van der Waals surface area contributed by atoms with E-state index in [9.17, 15) is 14.0 Å². The van der Waals surface area contributed by atoms with Gasteiger partial charge >= 0.3 is 15.9 Å². The van der Waals surface area contributed by atoms with Gasteiger partial charge < -0.3 is 29.3 Å². The van der Waals surface area contributed by atoms with Crippen molar-refractivity contribution in [1.82, 2.24) is 19.5 Å². The van der Waals surface area contributed by atoms with Gasteiger partial charge in [0.2, 0.25) is 0 Å². The Morgan fingerprint density at radius 3 is 2.96 bits per heavy atom. The van der Waals surface area contributed by atoms with E-state index in [1.807, 2.05) is 0 Å². The van der Waals surface area contributed by atoms with Crippen molar-refractivity contribution in [2.75, 3.05) is 19.0 Å². The van der Waals surface area contributed by atoms with Crippen LogP contribution in [0.5, 0.6) is 0 Å². The fraction of sp³-hybridized carbons (Fsp3) is 0.545. The molecule has 0 radical (unpaired) electrons. The highest BCUT2D eigenvalue weighted by Gasteiger charge is 2.39. The van der Waals surface area contributed by atoms with Crippen LogP contribution in [0.3, 0.4) is 0 Å². The van der Waals surface area contributed by atoms with E-state index in [0.29, 0.717) is 11.2 Å². The van der Waals surface area contributed by atoms with Gasteiger partial charge in [-0.3, -0.25) is 13.7 Å². The van der Waals surface area contributed by atoms with Gasteiger partial charge in [0.05, 0.1) is 19.0 Å². The van der Waals surface area contributed by atoms with E-state index in [1.165, 1.54) is 12.7 Å². The van der Waals surface area contributed by atoms with E-state index in [0.717, 1.165) is 6.66 Å². The quantitative estimate of drug-likeness (QED) is 0.576. The molecule has 2 aromatic rings. The predicted molar refractivity (Wildman–Crippen MR) is 86.1 cm³/mol. The number of anilines is 1. The number of aromatic nitrogens is 4. The Bertz CT molecular complexity index is 839. The summed E-state index contributed by atoms with van der Waals surface area (Å²) in [5, 5.41) is 0. The number of hydrogen-bond donors (Lipinski definition) is 3. The van der Waals surface area contributed by atoms with Crippen LogP contribution in [0.2, 0.25) is 0 Å². The van der Waals surface area contributed by atoms with E-state index in [-0.39, 0.29) is 18.8 Å². The molecule has 1 fully saturated rings. The average molecular weight is 393 g/mol. The van der Waals surface area contributed by atoms with E-state index < -0.39 is 34.3 Å². The summed E-state index contributed by atoms with van der Waals surface area (Å²) in [6.07, 6.45) is 0.686. The molecule has 138 valence electrons. The zero-order chi connectivity index (χ0) is 18.2. The van der Waals surface area contributed by atoms with E-state index >= 15 is 0 Å². The third-order valence-electron chi connectivity index (χ3n) is 3.61. The van der Waals surface area contributed by atoms with Crippen LogP contribution in [0.25, 0.3) is 11.2 Å². The highest BCUT2D eigenvalue weighted by molar-refractivity contribution is 7.51. The molecule has 25 heavy (non-hydrogen) atoms. The van der Waals surface area contributed by atoms with Gasteiger partial charge in [0.25, 0.3) is 0 Å². The number of rotatable bonds is 6. The zero-order valence-electron chi connectivity index (χ0n) is 13.1. The first kappa shape index (κ1) is 18.4. The van der Waals surface area contributed by atoms with Crippen LogP contribution in [-0.2, 0) is 22.9 Å². The van der Waals surface area contributed by atoms with Gasteiger partial charge in [0, 0.05) is 13.1 Å². The van der Waals surface area contributed by atoms with Gasteiger partial charge in [-0.2, -0.15) is 0 Å². The first-order valence-corrected chi connectivity index (χ1v) is 10.5. The van der Waals surface area contributed by atoms with Crippen molar-refractivity contribution in [2.45, 2.75) is 24.9 Å². The Balaban J connectivity index is 1.83. The number of hydrogen-bond acceptors (Lipinski definition) is 9. The van der Waals surface area contributed by atoms with Gasteiger partial charge in [0.15, 0.2) is 11.5 Å². The summed E-state index contributed by atoms with van der Waals surface area (Å²) in [6.45, 7) is 0.761. The third kappa shape index (κ3) is 4.24. The monoisotopic (exact) mass is 393 g/mol.